The zero-order valence-electron chi connectivity index (χ0n) is 16.7. The molecule has 1 amide bonds. The van der Waals surface area contributed by atoms with Crippen LogP contribution in [0.25, 0.3) is 0 Å². The molecule has 1 heterocycles. The van der Waals surface area contributed by atoms with Gasteiger partial charge >= 0.3 is 0 Å². The van der Waals surface area contributed by atoms with Gasteiger partial charge in [0.15, 0.2) is 0 Å². The maximum Gasteiger partial charge on any atom is 0.251 e. The summed E-state index contributed by atoms with van der Waals surface area (Å²) in [6.07, 6.45) is 3.58. The van der Waals surface area contributed by atoms with E-state index < -0.39 is 0 Å². The molecule has 7 heteroatoms. The lowest BCUT2D eigenvalue weighted by Gasteiger charge is -2.14. The van der Waals surface area contributed by atoms with Crippen LogP contribution in [-0.4, -0.2) is 29.3 Å². The Hall–Kier alpha value is -2.80. The number of ether oxygens (including phenoxy) is 2. The van der Waals surface area contributed by atoms with Crippen molar-refractivity contribution >= 4 is 21.8 Å². The number of benzene rings is 2. The Bertz CT molecular complexity index is 1000. The van der Waals surface area contributed by atoms with Crippen LogP contribution in [0.3, 0.4) is 0 Å². The Morgan fingerprint density at radius 2 is 2.00 bits per heavy atom. The molecule has 6 nitrogen and oxygen atoms in total. The molecule has 0 radical (unpaired) electrons. The molecule has 0 aliphatic rings. The van der Waals surface area contributed by atoms with Gasteiger partial charge in [0.05, 0.1) is 24.3 Å². The van der Waals surface area contributed by atoms with E-state index in [0.29, 0.717) is 31.0 Å². The maximum atomic E-state index is 12.5. The van der Waals surface area contributed by atoms with E-state index in [9.17, 15) is 4.79 Å². The minimum absolute atomic E-state index is 0.146. The summed E-state index contributed by atoms with van der Waals surface area (Å²) in [5.74, 6) is 1.37. The van der Waals surface area contributed by atoms with Gasteiger partial charge in [0.1, 0.15) is 18.1 Å². The Labute approximate surface area is 179 Å². The number of carbonyl (C=O) groups excluding carboxylic acids is 1. The highest BCUT2D eigenvalue weighted by Crippen LogP contribution is 2.25. The van der Waals surface area contributed by atoms with Gasteiger partial charge < -0.3 is 14.8 Å². The topological polar surface area (TPSA) is 65.4 Å². The number of aromatic nitrogens is 2. The van der Waals surface area contributed by atoms with Crippen LogP contribution in [0.1, 0.15) is 27.0 Å². The van der Waals surface area contributed by atoms with E-state index in [1.54, 1.807) is 30.1 Å². The Morgan fingerprint density at radius 1 is 1.17 bits per heavy atom. The number of hydrogen-bond donors (Lipinski definition) is 1. The van der Waals surface area contributed by atoms with Gasteiger partial charge in [0.2, 0.25) is 0 Å². The van der Waals surface area contributed by atoms with Gasteiger partial charge in [-0.15, -0.1) is 0 Å². The van der Waals surface area contributed by atoms with Gasteiger partial charge in [0.25, 0.3) is 5.91 Å². The fourth-order valence-corrected chi connectivity index (χ4v) is 3.23. The first-order valence-corrected chi connectivity index (χ1v) is 10.1. The molecule has 1 aromatic heterocycles. The predicted molar refractivity (Wildman–Crippen MR) is 116 cm³/mol. The number of methoxy groups -OCH3 is 1. The van der Waals surface area contributed by atoms with Crippen LogP contribution < -0.4 is 14.8 Å². The van der Waals surface area contributed by atoms with E-state index in [-0.39, 0.29) is 5.91 Å². The first kappa shape index (κ1) is 20.9. The molecule has 1 N–H and O–H groups in total. The molecule has 0 aliphatic carbocycles. The minimum atomic E-state index is -0.146. The van der Waals surface area contributed by atoms with E-state index >= 15 is 0 Å². The molecule has 3 rings (SSSR count). The second-order valence-electron chi connectivity index (χ2n) is 6.76. The van der Waals surface area contributed by atoms with Gasteiger partial charge in [-0.25, -0.2) is 0 Å². The number of carbonyl (C=O) groups is 1. The fourth-order valence-electron chi connectivity index (χ4n) is 2.90. The highest BCUT2D eigenvalue weighted by molar-refractivity contribution is 9.10. The lowest BCUT2D eigenvalue weighted by atomic mass is 10.1. The van der Waals surface area contributed by atoms with Crippen molar-refractivity contribution in [2.45, 2.75) is 27.0 Å². The molecule has 0 unspecified atom stereocenters. The summed E-state index contributed by atoms with van der Waals surface area (Å²) in [4.78, 5) is 12.5. The average Bonchev–Trinajstić information content (AvgIpc) is 3.13. The summed E-state index contributed by atoms with van der Waals surface area (Å²) in [5, 5.41) is 7.09. The summed E-state index contributed by atoms with van der Waals surface area (Å²) < 4.78 is 14.1. The van der Waals surface area contributed by atoms with Crippen molar-refractivity contribution in [2.75, 3.05) is 13.7 Å². The van der Waals surface area contributed by atoms with Crippen molar-refractivity contribution in [1.82, 2.24) is 15.1 Å². The molecule has 29 heavy (non-hydrogen) atoms. The number of hydrogen-bond acceptors (Lipinski definition) is 4. The third-order valence-electron chi connectivity index (χ3n) is 4.50. The highest BCUT2D eigenvalue weighted by Gasteiger charge is 2.11. The van der Waals surface area contributed by atoms with Gasteiger partial charge in [-0.05, 0) is 65.2 Å². The second-order valence-corrected chi connectivity index (χ2v) is 7.68. The van der Waals surface area contributed by atoms with Gasteiger partial charge in [-0.1, -0.05) is 12.1 Å². The fraction of sp³-hybridized carbons (Fsp3) is 0.273. The normalized spacial score (nSPS) is 10.6. The van der Waals surface area contributed by atoms with Crippen LogP contribution >= 0.6 is 15.9 Å². The Morgan fingerprint density at radius 3 is 2.72 bits per heavy atom. The van der Waals surface area contributed by atoms with Crippen LogP contribution in [0.2, 0.25) is 0 Å². The second kappa shape index (κ2) is 9.60. The quantitative estimate of drug-likeness (QED) is 0.548. The molecular weight excluding hydrogens is 434 g/mol. The van der Waals surface area contributed by atoms with Crippen molar-refractivity contribution in [2.24, 2.45) is 0 Å². The van der Waals surface area contributed by atoms with Crippen molar-refractivity contribution < 1.29 is 14.3 Å². The molecular formula is C22H24BrN3O3. The standard InChI is InChI=1S/C22H24BrN3O3/c1-15-4-5-16(2)21(10-15)29-14-18-11-17(6-7-20(18)28-3)22(27)24-8-9-26-13-19(23)12-25-26/h4-7,10-13H,8-9,14H2,1-3H3,(H,24,27). The number of halogens is 1. The average molecular weight is 458 g/mol. The number of amides is 1. The summed E-state index contributed by atoms with van der Waals surface area (Å²) in [5.41, 5.74) is 3.58. The van der Waals surface area contributed by atoms with Crippen molar-refractivity contribution in [3.05, 3.63) is 75.5 Å². The van der Waals surface area contributed by atoms with E-state index in [0.717, 1.165) is 26.9 Å². The van der Waals surface area contributed by atoms with E-state index in [2.05, 4.69) is 32.4 Å². The van der Waals surface area contributed by atoms with Gasteiger partial charge in [-0.2, -0.15) is 5.10 Å². The molecule has 2 aromatic carbocycles. The van der Waals surface area contributed by atoms with Crippen LogP contribution in [0.15, 0.2) is 53.3 Å². The molecule has 152 valence electrons. The predicted octanol–water partition coefficient (Wildman–Crippen LogP) is 4.28. The van der Waals surface area contributed by atoms with Crippen LogP contribution in [0, 0.1) is 13.8 Å². The zero-order valence-corrected chi connectivity index (χ0v) is 18.3. The molecule has 3 aromatic rings. The summed E-state index contributed by atoms with van der Waals surface area (Å²) in [6, 6.07) is 11.4. The van der Waals surface area contributed by atoms with E-state index in [4.69, 9.17) is 9.47 Å². The van der Waals surface area contributed by atoms with E-state index in [1.165, 1.54) is 0 Å². The number of nitrogens with one attached hydrogen (secondary N) is 1. The first-order chi connectivity index (χ1) is 14.0. The monoisotopic (exact) mass is 457 g/mol. The van der Waals surface area contributed by atoms with Gasteiger partial charge in [0, 0.05) is 23.9 Å². The number of aryl methyl sites for hydroxylation is 2. The molecule has 0 saturated carbocycles. The summed E-state index contributed by atoms with van der Waals surface area (Å²) >= 11 is 3.36. The largest absolute Gasteiger partial charge is 0.496 e. The molecule has 0 atom stereocenters. The number of nitrogens with zero attached hydrogens (tertiary/aromatic N) is 2. The highest BCUT2D eigenvalue weighted by atomic mass is 79.9. The van der Waals surface area contributed by atoms with Crippen molar-refractivity contribution in [3.8, 4) is 11.5 Å². The first-order valence-electron chi connectivity index (χ1n) is 9.29. The van der Waals surface area contributed by atoms with Crippen LogP contribution in [-0.2, 0) is 13.2 Å². The smallest absolute Gasteiger partial charge is 0.251 e. The lowest BCUT2D eigenvalue weighted by Crippen LogP contribution is -2.27. The molecule has 0 spiro atoms. The van der Waals surface area contributed by atoms with Crippen LogP contribution in [0.4, 0.5) is 0 Å². The molecule has 0 aliphatic heterocycles. The van der Waals surface area contributed by atoms with Crippen molar-refractivity contribution in [3.63, 3.8) is 0 Å². The lowest BCUT2D eigenvalue weighted by molar-refractivity contribution is 0.0951. The maximum absolute atomic E-state index is 12.5. The summed E-state index contributed by atoms with van der Waals surface area (Å²) in [7, 11) is 1.61. The van der Waals surface area contributed by atoms with Crippen molar-refractivity contribution in [1.29, 1.82) is 0 Å². The number of rotatable bonds is 8. The molecule has 0 bridgehead atoms. The molecule has 0 saturated heterocycles. The third-order valence-corrected chi connectivity index (χ3v) is 4.91. The van der Waals surface area contributed by atoms with Gasteiger partial charge in [-0.3, -0.25) is 9.48 Å². The Kier molecular flexibility index (Phi) is 6.93. The minimum Gasteiger partial charge on any atom is -0.496 e. The Balaban J connectivity index is 1.65. The third kappa shape index (κ3) is 5.60. The van der Waals surface area contributed by atoms with E-state index in [1.807, 2.05) is 38.2 Å². The van der Waals surface area contributed by atoms with Crippen LogP contribution in [0.5, 0.6) is 11.5 Å². The summed E-state index contributed by atoms with van der Waals surface area (Å²) in [6.45, 7) is 5.42. The molecule has 0 fully saturated rings. The zero-order chi connectivity index (χ0) is 20.8. The SMILES string of the molecule is COc1ccc(C(=O)NCCn2cc(Br)cn2)cc1COc1cc(C)ccc1C.